The molecule has 2 aromatic carbocycles. The van der Waals surface area contributed by atoms with Gasteiger partial charge in [0.05, 0.1) is 16.8 Å². The zero-order valence-corrected chi connectivity index (χ0v) is 22.4. The number of rotatable bonds is 6. The number of alkyl halides is 2. The lowest BCUT2D eigenvalue weighted by Crippen LogP contribution is -2.52. The molecule has 3 fully saturated rings. The lowest BCUT2D eigenvalue weighted by Gasteiger charge is -2.30. The van der Waals surface area contributed by atoms with Crippen LogP contribution in [-0.4, -0.2) is 54.6 Å². The van der Waals surface area contributed by atoms with Gasteiger partial charge in [-0.3, -0.25) is 29.3 Å². The van der Waals surface area contributed by atoms with E-state index < -0.39 is 46.8 Å². The van der Waals surface area contributed by atoms with E-state index in [1.54, 1.807) is 0 Å². The van der Waals surface area contributed by atoms with Crippen LogP contribution in [0.3, 0.4) is 0 Å². The molecule has 3 amide bonds. The number of nitro groups is 1. The first-order valence-corrected chi connectivity index (χ1v) is 13.3. The molecule has 0 spiro atoms. The van der Waals surface area contributed by atoms with Crippen LogP contribution in [0.15, 0.2) is 48.5 Å². The molecule has 0 unspecified atom stereocenters. The zero-order valence-electron chi connectivity index (χ0n) is 18.4. The van der Waals surface area contributed by atoms with E-state index in [9.17, 15) is 29.3 Å². The molecule has 3 aliphatic rings. The number of nitrogens with zero attached hydrogens (tertiary/aromatic N) is 3. The van der Waals surface area contributed by atoms with Gasteiger partial charge < -0.3 is 0 Å². The van der Waals surface area contributed by atoms with Gasteiger partial charge >= 0.3 is 0 Å². The average Bonchev–Trinajstić information content (AvgIpc) is 3.47. The van der Waals surface area contributed by atoms with Crippen LogP contribution in [-0.2, 0) is 9.59 Å². The Bertz CT molecular complexity index is 1270. The summed E-state index contributed by atoms with van der Waals surface area (Å²) in [7, 11) is 0. The maximum Gasteiger partial charge on any atom is 0.273 e. The number of Topliss-reactive ketones (excluding diaryl/α,β-unsaturated/α-hetero) is 1. The maximum absolute atomic E-state index is 13.6. The van der Waals surface area contributed by atoms with E-state index in [1.165, 1.54) is 42.5 Å². The normalized spacial score (nSPS) is 28.4. The van der Waals surface area contributed by atoms with Gasteiger partial charge in [-0.2, -0.15) is 5.01 Å². The van der Waals surface area contributed by atoms with Crippen molar-refractivity contribution in [2.45, 2.75) is 16.1 Å². The Labute approximate surface area is 227 Å². The van der Waals surface area contributed by atoms with E-state index in [0.29, 0.717) is 11.4 Å². The average molecular weight is 640 g/mol. The fraction of sp³-hybridized carbons (Fsp3) is 0.333. The van der Waals surface area contributed by atoms with Crippen molar-refractivity contribution < 1.29 is 24.1 Å². The third-order valence-corrected chi connectivity index (χ3v) is 10.7. The number of non-ortho nitro benzene ring substituents is 1. The Kier molecular flexibility index (Phi) is 6.50. The second kappa shape index (κ2) is 9.35. The van der Waals surface area contributed by atoms with Crippen molar-refractivity contribution in [3.8, 4) is 0 Å². The van der Waals surface area contributed by atoms with Crippen LogP contribution in [0.5, 0.6) is 0 Å². The quantitative estimate of drug-likeness (QED) is 0.153. The molecule has 2 aliphatic carbocycles. The van der Waals surface area contributed by atoms with Gasteiger partial charge in [0.15, 0.2) is 5.78 Å². The number of benzene rings is 2. The number of hydrogen-bond acceptors (Lipinski definition) is 6. The van der Waals surface area contributed by atoms with Crippen LogP contribution in [0.25, 0.3) is 0 Å². The topological polar surface area (TPSA) is 118 Å². The van der Waals surface area contributed by atoms with Gasteiger partial charge in [-0.05, 0) is 42.5 Å². The van der Waals surface area contributed by atoms with E-state index in [2.05, 4.69) is 31.9 Å². The third kappa shape index (κ3) is 3.97. The summed E-state index contributed by atoms with van der Waals surface area (Å²) in [6.07, 6.45) is 0.713. The van der Waals surface area contributed by atoms with Gasteiger partial charge in [0.1, 0.15) is 6.54 Å². The summed E-state index contributed by atoms with van der Waals surface area (Å²) < 4.78 is 0. The number of carbonyl (C=O) groups excluding carboxylic acids is 4. The Morgan fingerprint density at radius 1 is 1.00 bits per heavy atom. The van der Waals surface area contributed by atoms with Gasteiger partial charge in [0.2, 0.25) is 0 Å². The molecule has 36 heavy (non-hydrogen) atoms. The second-order valence-electron chi connectivity index (χ2n) is 9.09. The fourth-order valence-electron chi connectivity index (χ4n) is 5.57. The van der Waals surface area contributed by atoms with Crippen molar-refractivity contribution >= 4 is 72.7 Å². The van der Waals surface area contributed by atoms with Crippen LogP contribution >= 0.6 is 43.5 Å². The molecular weight excluding hydrogens is 622 g/mol. The molecule has 1 saturated heterocycles. The van der Waals surface area contributed by atoms with Crippen molar-refractivity contribution in [1.82, 2.24) is 10.0 Å². The molecule has 9 nitrogen and oxygen atoms in total. The van der Waals surface area contributed by atoms with Crippen LogP contribution in [0.2, 0.25) is 5.02 Å². The molecule has 1 aliphatic heterocycles. The predicted octanol–water partition coefficient (Wildman–Crippen LogP) is 4.27. The monoisotopic (exact) mass is 637 g/mol. The lowest BCUT2D eigenvalue weighted by atomic mass is 9.81. The summed E-state index contributed by atoms with van der Waals surface area (Å²) in [5.41, 5.74) is -0.176. The second-order valence-corrected chi connectivity index (χ2v) is 11.6. The number of hydrogen-bond donors (Lipinski definition) is 0. The summed E-state index contributed by atoms with van der Waals surface area (Å²) in [4.78, 5) is 64.5. The van der Waals surface area contributed by atoms with Crippen LogP contribution < -0.4 is 0 Å². The molecule has 12 heteroatoms. The van der Waals surface area contributed by atoms with Gasteiger partial charge in [-0.1, -0.05) is 55.6 Å². The van der Waals surface area contributed by atoms with Crippen molar-refractivity contribution in [2.75, 3.05) is 6.54 Å². The molecule has 0 aromatic heterocycles. The van der Waals surface area contributed by atoms with E-state index in [4.69, 9.17) is 11.6 Å². The first-order valence-electron chi connectivity index (χ1n) is 11.1. The molecule has 5 rings (SSSR count). The molecule has 2 bridgehead atoms. The van der Waals surface area contributed by atoms with Crippen LogP contribution in [0, 0.1) is 33.8 Å². The molecule has 0 radical (unpaired) electrons. The molecule has 2 aromatic rings. The number of halogens is 3. The Morgan fingerprint density at radius 2 is 1.58 bits per heavy atom. The predicted molar refractivity (Wildman–Crippen MR) is 136 cm³/mol. The minimum Gasteiger partial charge on any atom is -0.292 e. The highest BCUT2D eigenvalue weighted by Crippen LogP contribution is 2.60. The molecule has 2 saturated carbocycles. The minimum atomic E-state index is -0.731. The van der Waals surface area contributed by atoms with Crippen molar-refractivity contribution in [2.24, 2.45) is 23.7 Å². The van der Waals surface area contributed by atoms with E-state index >= 15 is 0 Å². The summed E-state index contributed by atoms with van der Waals surface area (Å²) in [6, 6.07) is 10.9. The molecule has 1 heterocycles. The molecular formula is C24H18Br2ClN3O6. The SMILES string of the molecule is O=C(CN(C(=O)c1ccc(Cl)cc1)N1C(=O)[C@@H]2[C@H]3C[C@@H]([C@H](Br)[C@@H]3Br)[C@@H]2C1=O)c1cccc([N+](=O)[O-])c1. The first-order chi connectivity index (χ1) is 17.1. The smallest absolute Gasteiger partial charge is 0.273 e. The first kappa shape index (κ1) is 25.0. The summed E-state index contributed by atoms with van der Waals surface area (Å²) in [6.45, 7) is -0.648. The summed E-state index contributed by atoms with van der Waals surface area (Å²) in [5, 5.41) is 13.2. The zero-order chi connectivity index (χ0) is 25.9. The van der Waals surface area contributed by atoms with Gasteiger partial charge in [0.25, 0.3) is 23.4 Å². The Hall–Kier alpha value is -2.63. The Morgan fingerprint density at radius 3 is 2.14 bits per heavy atom. The number of carbonyl (C=O) groups is 4. The standard InChI is InChI=1S/C24H18Br2ClN3O6/c25-20-15-9-16(21(20)26)19-18(15)23(33)29(24(19)34)28(22(32)11-4-6-13(27)7-5-11)10-17(31)12-2-1-3-14(8-12)30(35)36/h1-8,15-16,18-21H,9-10H2/t15-,16-,18-,19+,20-,21+/m1/s1. The number of amides is 3. The Balaban J connectivity index is 1.51. The highest BCUT2D eigenvalue weighted by molar-refractivity contribution is 9.12. The van der Waals surface area contributed by atoms with Gasteiger partial charge in [-0.25, -0.2) is 5.01 Å². The summed E-state index contributed by atoms with van der Waals surface area (Å²) in [5.74, 6) is -3.76. The van der Waals surface area contributed by atoms with Gasteiger partial charge in [0, 0.05) is 37.9 Å². The van der Waals surface area contributed by atoms with Crippen molar-refractivity contribution in [3.05, 3.63) is 74.8 Å². The van der Waals surface area contributed by atoms with Crippen LogP contribution in [0.4, 0.5) is 5.69 Å². The fourth-order valence-corrected chi connectivity index (χ4v) is 7.57. The van der Waals surface area contributed by atoms with E-state index in [0.717, 1.165) is 16.1 Å². The number of ketones is 1. The molecule has 6 atom stereocenters. The third-order valence-electron chi connectivity index (χ3n) is 7.20. The largest absolute Gasteiger partial charge is 0.292 e. The minimum absolute atomic E-state index is 0.00682. The summed E-state index contributed by atoms with van der Waals surface area (Å²) >= 11 is 13.2. The van der Waals surface area contributed by atoms with Crippen LogP contribution in [0.1, 0.15) is 27.1 Å². The maximum atomic E-state index is 13.6. The number of imide groups is 1. The van der Waals surface area contributed by atoms with Crippen molar-refractivity contribution in [1.29, 1.82) is 0 Å². The highest BCUT2D eigenvalue weighted by atomic mass is 79.9. The lowest BCUT2D eigenvalue weighted by molar-refractivity contribution is -0.384. The molecule has 0 N–H and O–H groups in total. The number of fused-ring (bicyclic) bond motifs is 5. The van der Waals surface area contributed by atoms with E-state index in [-0.39, 0.29) is 38.3 Å². The van der Waals surface area contributed by atoms with E-state index in [1.807, 2.05) is 0 Å². The van der Waals surface area contributed by atoms with Crippen molar-refractivity contribution in [3.63, 3.8) is 0 Å². The van der Waals surface area contributed by atoms with Gasteiger partial charge in [-0.15, -0.1) is 0 Å². The number of hydrazine groups is 1. The molecule has 186 valence electrons. The number of nitro benzene ring substituents is 1. The highest BCUT2D eigenvalue weighted by Gasteiger charge is 2.67.